The molecule has 0 aliphatic carbocycles. The number of aromatic nitrogens is 1. The second-order valence-corrected chi connectivity index (χ2v) is 7.27. The second-order valence-electron chi connectivity index (χ2n) is 6.33. The molecular formula is C17H24N2S. The fourth-order valence-electron chi connectivity index (χ4n) is 2.17. The number of rotatable bonds is 5. The van der Waals surface area contributed by atoms with Crippen molar-refractivity contribution in [1.29, 1.82) is 0 Å². The quantitative estimate of drug-likeness (QED) is 0.893. The summed E-state index contributed by atoms with van der Waals surface area (Å²) in [5, 5.41) is 6.99. The van der Waals surface area contributed by atoms with Gasteiger partial charge in [0.1, 0.15) is 0 Å². The predicted molar refractivity (Wildman–Crippen MR) is 87.5 cm³/mol. The third-order valence-corrected chi connectivity index (χ3v) is 4.23. The van der Waals surface area contributed by atoms with Gasteiger partial charge in [-0.3, -0.25) is 0 Å². The van der Waals surface area contributed by atoms with Crippen LogP contribution < -0.4 is 5.32 Å². The van der Waals surface area contributed by atoms with Gasteiger partial charge in [-0.15, -0.1) is 11.3 Å². The molecule has 1 N–H and O–H groups in total. The van der Waals surface area contributed by atoms with Crippen molar-refractivity contribution < 1.29 is 0 Å². The van der Waals surface area contributed by atoms with Gasteiger partial charge in [0, 0.05) is 35.5 Å². The van der Waals surface area contributed by atoms with E-state index < -0.39 is 0 Å². The fourth-order valence-corrected chi connectivity index (χ4v) is 3.02. The highest BCUT2D eigenvalue weighted by Gasteiger charge is 2.17. The number of hydrogen-bond donors (Lipinski definition) is 1. The van der Waals surface area contributed by atoms with Crippen LogP contribution >= 0.6 is 11.3 Å². The monoisotopic (exact) mass is 288 g/mol. The van der Waals surface area contributed by atoms with Crippen molar-refractivity contribution in [3.63, 3.8) is 0 Å². The van der Waals surface area contributed by atoms with Crippen LogP contribution in [0, 0.1) is 6.92 Å². The molecule has 1 unspecified atom stereocenters. The topological polar surface area (TPSA) is 24.9 Å². The second kappa shape index (κ2) is 6.51. The molecule has 1 heterocycles. The molecule has 2 nitrogen and oxygen atoms in total. The molecule has 0 amide bonds. The molecule has 20 heavy (non-hydrogen) atoms. The molecule has 2 rings (SSSR count). The van der Waals surface area contributed by atoms with Crippen LogP contribution in [0.5, 0.6) is 0 Å². The number of nitrogens with zero attached hydrogens (tertiary/aromatic N) is 1. The van der Waals surface area contributed by atoms with Crippen molar-refractivity contribution in [2.24, 2.45) is 0 Å². The third-order valence-electron chi connectivity index (χ3n) is 3.24. The van der Waals surface area contributed by atoms with Crippen LogP contribution in [-0.4, -0.2) is 17.1 Å². The van der Waals surface area contributed by atoms with Gasteiger partial charge in [-0.25, -0.2) is 4.98 Å². The van der Waals surface area contributed by atoms with Crippen LogP contribution in [0.1, 0.15) is 43.0 Å². The van der Waals surface area contributed by atoms with Gasteiger partial charge in [-0.1, -0.05) is 30.3 Å². The maximum Gasteiger partial charge on any atom is 0.0934 e. The zero-order valence-corrected chi connectivity index (χ0v) is 13.6. The molecule has 0 aliphatic rings. The zero-order chi connectivity index (χ0) is 14.6. The zero-order valence-electron chi connectivity index (χ0n) is 12.8. The number of benzene rings is 1. The Morgan fingerprint density at radius 3 is 2.45 bits per heavy atom. The Hall–Kier alpha value is -1.19. The van der Waals surface area contributed by atoms with Crippen molar-refractivity contribution in [2.75, 3.05) is 6.54 Å². The molecular weight excluding hydrogens is 264 g/mol. The number of nitrogens with one attached hydrogen (secondary N) is 1. The standard InChI is InChI=1S/C17H24N2S/c1-13-12-20-16(19-13)10-15(11-18-17(2,3)4)14-8-6-5-7-9-14/h5-9,12,15,18H,10-11H2,1-4H3. The van der Waals surface area contributed by atoms with Gasteiger partial charge in [0.05, 0.1) is 5.01 Å². The lowest BCUT2D eigenvalue weighted by Crippen LogP contribution is -2.39. The molecule has 1 atom stereocenters. The van der Waals surface area contributed by atoms with E-state index in [1.807, 2.05) is 0 Å². The molecule has 2 aromatic rings. The highest BCUT2D eigenvalue weighted by molar-refractivity contribution is 7.09. The highest BCUT2D eigenvalue weighted by atomic mass is 32.1. The molecule has 0 aliphatic heterocycles. The lowest BCUT2D eigenvalue weighted by atomic mass is 9.94. The average molecular weight is 288 g/mol. The smallest absolute Gasteiger partial charge is 0.0934 e. The van der Waals surface area contributed by atoms with Crippen LogP contribution in [-0.2, 0) is 6.42 Å². The summed E-state index contributed by atoms with van der Waals surface area (Å²) in [6.45, 7) is 9.67. The van der Waals surface area contributed by atoms with E-state index in [1.165, 1.54) is 10.6 Å². The van der Waals surface area contributed by atoms with Crippen LogP contribution in [0.2, 0.25) is 0 Å². The molecule has 0 saturated carbocycles. The molecule has 0 bridgehead atoms. The van der Waals surface area contributed by atoms with Crippen LogP contribution in [0.15, 0.2) is 35.7 Å². The predicted octanol–water partition coefficient (Wildman–Crippen LogP) is 4.17. The Bertz CT molecular complexity index is 525. The minimum Gasteiger partial charge on any atom is -0.311 e. The lowest BCUT2D eigenvalue weighted by Gasteiger charge is -2.25. The average Bonchev–Trinajstić information content (AvgIpc) is 2.80. The van der Waals surface area contributed by atoms with Gasteiger partial charge in [-0.05, 0) is 33.3 Å². The normalized spacial score (nSPS) is 13.4. The maximum absolute atomic E-state index is 4.61. The molecule has 3 heteroatoms. The van der Waals surface area contributed by atoms with E-state index in [4.69, 9.17) is 0 Å². The first-order valence-electron chi connectivity index (χ1n) is 7.15. The Labute approximate surface area is 126 Å². The molecule has 0 spiro atoms. The summed E-state index contributed by atoms with van der Waals surface area (Å²) in [6, 6.07) is 10.7. The SMILES string of the molecule is Cc1csc(CC(CNC(C)(C)C)c2ccccc2)n1. The summed E-state index contributed by atoms with van der Waals surface area (Å²) in [4.78, 5) is 4.61. The van der Waals surface area contributed by atoms with Crippen LogP contribution in [0.3, 0.4) is 0 Å². The molecule has 0 saturated heterocycles. The van der Waals surface area contributed by atoms with Crippen LogP contribution in [0.4, 0.5) is 0 Å². The Morgan fingerprint density at radius 2 is 1.90 bits per heavy atom. The minimum atomic E-state index is 0.145. The Kier molecular flexibility index (Phi) is 4.95. The van der Waals surface area contributed by atoms with Gasteiger partial charge in [-0.2, -0.15) is 0 Å². The first-order valence-corrected chi connectivity index (χ1v) is 8.03. The first-order chi connectivity index (χ1) is 9.44. The number of hydrogen-bond acceptors (Lipinski definition) is 3. The summed E-state index contributed by atoms with van der Waals surface area (Å²) in [5.74, 6) is 0.473. The van der Waals surface area contributed by atoms with Crippen LogP contribution in [0.25, 0.3) is 0 Å². The molecule has 0 radical (unpaired) electrons. The minimum absolute atomic E-state index is 0.145. The van der Waals surface area contributed by atoms with Gasteiger partial charge >= 0.3 is 0 Å². The van der Waals surface area contributed by atoms with Crippen molar-refractivity contribution in [2.45, 2.75) is 45.6 Å². The molecule has 0 fully saturated rings. The van der Waals surface area contributed by atoms with E-state index >= 15 is 0 Å². The highest BCUT2D eigenvalue weighted by Crippen LogP contribution is 2.23. The molecule has 1 aromatic carbocycles. The summed E-state index contributed by atoms with van der Waals surface area (Å²) in [7, 11) is 0. The fraction of sp³-hybridized carbons (Fsp3) is 0.471. The Morgan fingerprint density at radius 1 is 1.20 bits per heavy atom. The van der Waals surface area contributed by atoms with Gasteiger partial charge in [0.25, 0.3) is 0 Å². The lowest BCUT2D eigenvalue weighted by molar-refractivity contribution is 0.405. The maximum atomic E-state index is 4.61. The van der Waals surface area contributed by atoms with Gasteiger partial charge in [0.15, 0.2) is 0 Å². The van der Waals surface area contributed by atoms with Crippen molar-refractivity contribution in [1.82, 2.24) is 10.3 Å². The van der Waals surface area contributed by atoms with Crippen molar-refractivity contribution >= 4 is 11.3 Å². The van der Waals surface area contributed by atoms with E-state index in [0.29, 0.717) is 5.92 Å². The van der Waals surface area contributed by atoms with E-state index in [9.17, 15) is 0 Å². The van der Waals surface area contributed by atoms with Gasteiger partial charge in [0.2, 0.25) is 0 Å². The van der Waals surface area contributed by atoms with E-state index in [2.05, 4.69) is 73.7 Å². The molecule has 1 aromatic heterocycles. The summed E-state index contributed by atoms with van der Waals surface area (Å²) >= 11 is 1.77. The van der Waals surface area contributed by atoms with Gasteiger partial charge < -0.3 is 5.32 Å². The largest absolute Gasteiger partial charge is 0.311 e. The summed E-state index contributed by atoms with van der Waals surface area (Å²) in [6.07, 6.45) is 1.01. The van der Waals surface area contributed by atoms with Crippen molar-refractivity contribution in [3.05, 3.63) is 52.0 Å². The van der Waals surface area contributed by atoms with Crippen molar-refractivity contribution in [3.8, 4) is 0 Å². The Balaban J connectivity index is 2.11. The van der Waals surface area contributed by atoms with E-state index in [-0.39, 0.29) is 5.54 Å². The number of thiazole rings is 1. The summed E-state index contributed by atoms with van der Waals surface area (Å²) in [5.41, 5.74) is 2.66. The molecule has 108 valence electrons. The van der Waals surface area contributed by atoms with E-state index in [1.54, 1.807) is 11.3 Å². The number of aryl methyl sites for hydroxylation is 1. The third kappa shape index (κ3) is 4.73. The van der Waals surface area contributed by atoms with E-state index in [0.717, 1.165) is 18.7 Å². The first kappa shape index (κ1) is 15.2. The summed E-state index contributed by atoms with van der Waals surface area (Å²) < 4.78 is 0.